The van der Waals surface area contributed by atoms with Gasteiger partial charge in [0, 0.05) is 12.5 Å². The van der Waals surface area contributed by atoms with Crippen LogP contribution in [0.25, 0.3) is 10.8 Å². The van der Waals surface area contributed by atoms with Crippen LogP contribution in [-0.4, -0.2) is 25.9 Å². The molecule has 4 rings (SSSR count). The predicted molar refractivity (Wildman–Crippen MR) is 113 cm³/mol. The van der Waals surface area contributed by atoms with Crippen LogP contribution in [0.15, 0.2) is 47.6 Å². The van der Waals surface area contributed by atoms with E-state index in [9.17, 15) is 4.79 Å². The van der Waals surface area contributed by atoms with Crippen LogP contribution < -0.4 is 5.73 Å². The minimum Gasteiger partial charge on any atom is -0.369 e. The number of rotatable bonds is 6. The Morgan fingerprint density at radius 3 is 2.68 bits per heavy atom. The summed E-state index contributed by atoms with van der Waals surface area (Å²) in [5.41, 5.74) is 6.74. The van der Waals surface area contributed by atoms with Crippen LogP contribution in [0.5, 0.6) is 0 Å². The minimum absolute atomic E-state index is 0.321. The lowest BCUT2D eigenvalue weighted by molar-refractivity contribution is -0.117. The van der Waals surface area contributed by atoms with Crippen LogP contribution in [0.1, 0.15) is 56.5 Å². The Kier molecular flexibility index (Phi) is 5.67. The third kappa shape index (κ3) is 3.92. The van der Waals surface area contributed by atoms with Gasteiger partial charge in [-0.05, 0) is 36.1 Å². The smallest absolute Gasteiger partial charge is 0.230 e. The van der Waals surface area contributed by atoms with E-state index in [0.717, 1.165) is 30.2 Å². The minimum atomic E-state index is -0.322. The van der Waals surface area contributed by atoms with Crippen molar-refractivity contribution in [1.82, 2.24) is 14.8 Å². The predicted octanol–water partition coefficient (Wildman–Crippen LogP) is 4.49. The molecule has 146 valence electrons. The third-order valence-corrected chi connectivity index (χ3v) is 6.66. The van der Waals surface area contributed by atoms with E-state index in [4.69, 9.17) is 5.73 Å². The van der Waals surface area contributed by atoms with Gasteiger partial charge in [0.05, 0.1) is 5.25 Å². The summed E-state index contributed by atoms with van der Waals surface area (Å²) in [6.07, 6.45) is 6.75. The van der Waals surface area contributed by atoms with Gasteiger partial charge < -0.3 is 10.3 Å². The van der Waals surface area contributed by atoms with Crippen molar-refractivity contribution in [3.63, 3.8) is 0 Å². The Morgan fingerprint density at radius 1 is 1.14 bits per heavy atom. The van der Waals surface area contributed by atoms with E-state index in [2.05, 4.69) is 57.2 Å². The topological polar surface area (TPSA) is 73.8 Å². The molecular weight excluding hydrogens is 368 g/mol. The Hall–Kier alpha value is -2.34. The molecule has 3 aromatic rings. The lowest BCUT2D eigenvalue weighted by Gasteiger charge is -2.26. The van der Waals surface area contributed by atoms with Gasteiger partial charge in [0.2, 0.25) is 5.91 Å². The molecule has 28 heavy (non-hydrogen) atoms. The number of carbonyl (C=O) groups is 1. The molecule has 1 fully saturated rings. The normalized spacial score (nSPS) is 16.3. The first-order valence-corrected chi connectivity index (χ1v) is 10.9. The number of benzene rings is 2. The number of aromatic nitrogens is 3. The Balaban J connectivity index is 1.71. The highest BCUT2D eigenvalue weighted by molar-refractivity contribution is 8.00. The van der Waals surface area contributed by atoms with Gasteiger partial charge in [-0.15, -0.1) is 10.2 Å². The summed E-state index contributed by atoms with van der Waals surface area (Å²) in [5.74, 6) is 0.654. The van der Waals surface area contributed by atoms with E-state index >= 15 is 0 Å². The third-order valence-electron chi connectivity index (χ3n) is 5.59. The first-order valence-electron chi connectivity index (χ1n) is 10.00. The number of nitrogens with two attached hydrogens (primary N) is 1. The molecule has 0 saturated heterocycles. The number of amides is 1. The Bertz CT molecular complexity index is 972. The number of fused-ring (bicyclic) bond motifs is 1. The monoisotopic (exact) mass is 394 g/mol. The van der Waals surface area contributed by atoms with Crippen LogP contribution in [0.3, 0.4) is 0 Å². The van der Waals surface area contributed by atoms with Crippen molar-refractivity contribution < 1.29 is 4.79 Å². The van der Waals surface area contributed by atoms with E-state index in [0.29, 0.717) is 6.04 Å². The van der Waals surface area contributed by atoms with Crippen LogP contribution in [0.4, 0.5) is 0 Å². The molecule has 1 aliphatic rings. The van der Waals surface area contributed by atoms with Crippen LogP contribution in [0.2, 0.25) is 0 Å². The van der Waals surface area contributed by atoms with Crippen molar-refractivity contribution in [2.24, 2.45) is 5.73 Å². The summed E-state index contributed by atoms with van der Waals surface area (Å²) >= 11 is 1.42. The van der Waals surface area contributed by atoms with Crippen molar-refractivity contribution in [2.75, 3.05) is 0 Å². The van der Waals surface area contributed by atoms with Crippen molar-refractivity contribution in [3.05, 3.63) is 53.9 Å². The highest BCUT2D eigenvalue weighted by Gasteiger charge is 2.25. The fourth-order valence-corrected chi connectivity index (χ4v) is 4.94. The number of hydrogen-bond donors (Lipinski definition) is 1. The number of nitrogens with zero attached hydrogens (tertiary/aromatic N) is 3. The van der Waals surface area contributed by atoms with Crippen molar-refractivity contribution in [2.45, 2.75) is 61.9 Å². The molecule has 1 atom stereocenters. The van der Waals surface area contributed by atoms with E-state index in [-0.39, 0.29) is 11.2 Å². The lowest BCUT2D eigenvalue weighted by atomic mass is 9.95. The zero-order chi connectivity index (χ0) is 19.5. The second-order valence-electron chi connectivity index (χ2n) is 7.54. The average molecular weight is 395 g/mol. The molecule has 1 aliphatic carbocycles. The summed E-state index contributed by atoms with van der Waals surface area (Å²) in [4.78, 5) is 11.6. The van der Waals surface area contributed by atoms with Crippen molar-refractivity contribution >= 4 is 28.4 Å². The number of carbonyl (C=O) groups excluding carboxylic acids is 1. The lowest BCUT2D eigenvalue weighted by Crippen LogP contribution is -2.24. The number of primary amides is 1. The standard InChI is InChI=1S/C22H26N4OS/c1-15(21(23)27)28-22-25-24-20(26(22)18-11-3-2-4-12-18)14-17-10-7-9-16-8-5-6-13-19(16)17/h5-10,13,15,18H,2-4,11-12,14H2,1H3,(H2,23,27). The summed E-state index contributed by atoms with van der Waals surface area (Å²) < 4.78 is 2.28. The maximum Gasteiger partial charge on any atom is 0.230 e. The SMILES string of the molecule is CC(Sc1nnc(Cc2cccc3ccccc23)n1C1CCCCC1)C(N)=O. The van der Waals surface area contributed by atoms with Gasteiger partial charge in [0.15, 0.2) is 5.16 Å². The summed E-state index contributed by atoms with van der Waals surface area (Å²) in [5, 5.41) is 12.0. The fraction of sp³-hybridized carbons (Fsp3) is 0.409. The van der Waals surface area contributed by atoms with E-state index in [1.807, 2.05) is 6.92 Å². The molecule has 2 N–H and O–H groups in total. The van der Waals surface area contributed by atoms with Gasteiger partial charge in [-0.1, -0.05) is 73.5 Å². The Labute approximate surface area is 169 Å². The highest BCUT2D eigenvalue weighted by atomic mass is 32.2. The van der Waals surface area contributed by atoms with E-state index in [1.54, 1.807) is 0 Å². The van der Waals surface area contributed by atoms with Gasteiger partial charge in [0.1, 0.15) is 5.82 Å². The molecule has 1 saturated carbocycles. The van der Waals surface area contributed by atoms with Gasteiger partial charge in [0.25, 0.3) is 0 Å². The summed E-state index contributed by atoms with van der Waals surface area (Å²) in [7, 11) is 0. The first kappa shape index (κ1) is 19.0. The molecule has 0 spiro atoms. The van der Waals surface area contributed by atoms with E-state index < -0.39 is 0 Å². The maximum atomic E-state index is 11.6. The molecule has 6 heteroatoms. The summed E-state index contributed by atoms with van der Waals surface area (Å²) in [6.45, 7) is 1.83. The molecule has 1 amide bonds. The van der Waals surface area contributed by atoms with Crippen molar-refractivity contribution in [1.29, 1.82) is 0 Å². The molecule has 1 unspecified atom stereocenters. The molecule has 0 radical (unpaired) electrons. The van der Waals surface area contributed by atoms with Gasteiger partial charge in [-0.3, -0.25) is 4.79 Å². The van der Waals surface area contributed by atoms with Crippen molar-refractivity contribution in [3.8, 4) is 0 Å². The highest BCUT2D eigenvalue weighted by Crippen LogP contribution is 2.34. The molecule has 0 bridgehead atoms. The summed E-state index contributed by atoms with van der Waals surface area (Å²) in [6, 6.07) is 15.3. The second kappa shape index (κ2) is 8.35. The van der Waals surface area contributed by atoms with Gasteiger partial charge in [-0.25, -0.2) is 0 Å². The first-order chi connectivity index (χ1) is 13.6. The molecular formula is C22H26N4OS. The van der Waals surface area contributed by atoms with Gasteiger partial charge in [-0.2, -0.15) is 0 Å². The molecule has 0 aliphatic heterocycles. The van der Waals surface area contributed by atoms with Gasteiger partial charge >= 0.3 is 0 Å². The largest absolute Gasteiger partial charge is 0.369 e. The Morgan fingerprint density at radius 2 is 1.89 bits per heavy atom. The zero-order valence-electron chi connectivity index (χ0n) is 16.2. The molecule has 5 nitrogen and oxygen atoms in total. The zero-order valence-corrected chi connectivity index (χ0v) is 17.0. The van der Waals surface area contributed by atoms with E-state index in [1.165, 1.54) is 47.4 Å². The molecule has 1 aromatic heterocycles. The average Bonchev–Trinajstić information content (AvgIpc) is 3.11. The van der Waals surface area contributed by atoms with Crippen LogP contribution in [0, 0.1) is 0 Å². The van der Waals surface area contributed by atoms with Crippen LogP contribution >= 0.6 is 11.8 Å². The quantitative estimate of drug-likeness (QED) is 0.625. The maximum absolute atomic E-state index is 11.6. The number of hydrogen-bond acceptors (Lipinski definition) is 4. The van der Waals surface area contributed by atoms with Crippen LogP contribution in [-0.2, 0) is 11.2 Å². The number of thioether (sulfide) groups is 1. The second-order valence-corrected chi connectivity index (χ2v) is 8.85. The molecule has 1 heterocycles. The molecule has 2 aromatic carbocycles. The fourth-order valence-electron chi connectivity index (χ4n) is 4.05.